The molecule has 0 bridgehead atoms. The zero-order chi connectivity index (χ0) is 24.1. The highest BCUT2D eigenvalue weighted by atomic mass is 35.5. The molecule has 2 N–H and O–H groups in total. The molecule has 0 radical (unpaired) electrons. The summed E-state index contributed by atoms with van der Waals surface area (Å²) in [4.78, 5) is 32.5. The van der Waals surface area contributed by atoms with Crippen LogP contribution in [0.3, 0.4) is 0 Å². The number of ether oxygens (including phenoxy) is 1. The number of likely N-dealkylation sites (tertiary alicyclic amines) is 1. The Balaban J connectivity index is 1.98. The smallest absolute Gasteiger partial charge is 0.410 e. The summed E-state index contributed by atoms with van der Waals surface area (Å²) in [6, 6.07) is 6.34. The number of benzene rings is 2. The molecule has 10 heteroatoms. The Morgan fingerprint density at radius 2 is 1.88 bits per heavy atom. The molecule has 1 fully saturated rings. The van der Waals surface area contributed by atoms with E-state index in [4.69, 9.17) is 22.1 Å². The van der Waals surface area contributed by atoms with Gasteiger partial charge >= 0.3 is 6.09 Å². The third-order valence-corrected chi connectivity index (χ3v) is 5.55. The third kappa shape index (κ3) is 4.56. The first-order valence-corrected chi connectivity index (χ1v) is 10.8. The van der Waals surface area contributed by atoms with Crippen molar-refractivity contribution in [2.24, 2.45) is 5.73 Å². The van der Waals surface area contributed by atoms with Gasteiger partial charge in [0.15, 0.2) is 0 Å². The van der Waals surface area contributed by atoms with Crippen LogP contribution < -0.4 is 11.3 Å². The molecule has 4 rings (SSSR count). The van der Waals surface area contributed by atoms with E-state index in [0.717, 1.165) is 16.7 Å². The van der Waals surface area contributed by atoms with Crippen molar-refractivity contribution in [1.82, 2.24) is 14.5 Å². The number of hydrogen-bond acceptors (Lipinski definition) is 5. The summed E-state index contributed by atoms with van der Waals surface area (Å²) in [5.74, 6) is -1.62. The fourth-order valence-electron chi connectivity index (χ4n) is 3.98. The first-order valence-electron chi connectivity index (χ1n) is 10.4. The van der Waals surface area contributed by atoms with E-state index in [9.17, 15) is 18.4 Å². The van der Waals surface area contributed by atoms with Crippen LogP contribution in [0.25, 0.3) is 16.6 Å². The molecule has 1 saturated heterocycles. The zero-order valence-electron chi connectivity index (χ0n) is 18.3. The van der Waals surface area contributed by atoms with Gasteiger partial charge in [-0.2, -0.15) is 0 Å². The van der Waals surface area contributed by atoms with E-state index >= 15 is 0 Å². The van der Waals surface area contributed by atoms with Gasteiger partial charge in [-0.1, -0.05) is 17.7 Å². The minimum absolute atomic E-state index is 0.0774. The molecular formula is C23H23ClF2N4O3. The molecule has 1 aliphatic heterocycles. The summed E-state index contributed by atoms with van der Waals surface area (Å²) < 4.78 is 34.8. The van der Waals surface area contributed by atoms with E-state index in [1.165, 1.54) is 11.0 Å². The number of nitrogens with zero attached hydrogens (tertiary/aromatic N) is 3. The van der Waals surface area contributed by atoms with Crippen LogP contribution in [0.2, 0.25) is 5.02 Å². The SMILES string of the molecule is CC(C)(C)OC(=O)N1C[C@H](N)C[C@H]1c1nc2cccc(Cl)c2c(=O)n1-c1cc(F)cc(F)c1. The van der Waals surface area contributed by atoms with Crippen molar-refractivity contribution in [2.45, 2.75) is 44.9 Å². The molecule has 0 spiro atoms. The largest absolute Gasteiger partial charge is 0.444 e. The van der Waals surface area contributed by atoms with Gasteiger partial charge in [-0.05, 0) is 51.5 Å². The van der Waals surface area contributed by atoms with Crippen LogP contribution in [0.4, 0.5) is 13.6 Å². The molecular weight excluding hydrogens is 454 g/mol. The van der Waals surface area contributed by atoms with Gasteiger partial charge in [0, 0.05) is 18.7 Å². The monoisotopic (exact) mass is 476 g/mol. The Morgan fingerprint density at radius 1 is 1.21 bits per heavy atom. The lowest BCUT2D eigenvalue weighted by molar-refractivity contribution is 0.0215. The second kappa shape index (κ2) is 8.39. The predicted octanol–water partition coefficient (Wildman–Crippen LogP) is 4.33. The van der Waals surface area contributed by atoms with Crippen LogP contribution in [0.15, 0.2) is 41.2 Å². The number of hydrogen-bond donors (Lipinski definition) is 1. The molecule has 0 aliphatic carbocycles. The molecule has 2 heterocycles. The Bertz CT molecular complexity index is 1290. The summed E-state index contributed by atoms with van der Waals surface area (Å²) in [5, 5.41) is 0.244. The highest BCUT2D eigenvalue weighted by Gasteiger charge is 2.40. The van der Waals surface area contributed by atoms with Crippen LogP contribution in [0.1, 0.15) is 39.1 Å². The summed E-state index contributed by atoms with van der Waals surface area (Å²) in [6.07, 6.45) is -0.354. The zero-order valence-corrected chi connectivity index (χ0v) is 19.1. The molecule has 2 atom stereocenters. The average molecular weight is 477 g/mol. The first-order chi connectivity index (χ1) is 15.4. The van der Waals surface area contributed by atoms with E-state index < -0.39 is 41.0 Å². The standard InChI is InChI=1S/C23H23ClF2N4O3/c1-23(2,3)33-22(32)29-11-14(27)10-18(29)20-28-17-6-4-5-16(24)19(17)21(31)30(20)15-8-12(25)7-13(26)9-15/h4-9,14,18H,10-11,27H2,1-3H3/t14-,18+/m1/s1. The Kier molecular flexibility index (Phi) is 5.88. The minimum Gasteiger partial charge on any atom is -0.444 e. The number of carbonyl (C=O) groups is 1. The molecule has 7 nitrogen and oxygen atoms in total. The fourth-order valence-corrected chi connectivity index (χ4v) is 4.23. The maximum absolute atomic E-state index is 14.1. The number of halogens is 3. The van der Waals surface area contributed by atoms with Crippen LogP contribution in [0, 0.1) is 11.6 Å². The Morgan fingerprint density at radius 3 is 2.52 bits per heavy atom. The molecule has 174 valence electrons. The second-order valence-electron chi connectivity index (χ2n) is 9.02. The van der Waals surface area contributed by atoms with Crippen molar-refractivity contribution in [3.63, 3.8) is 0 Å². The van der Waals surface area contributed by atoms with E-state index in [2.05, 4.69) is 4.98 Å². The van der Waals surface area contributed by atoms with Gasteiger partial charge in [-0.3, -0.25) is 14.3 Å². The Labute approximate surface area is 193 Å². The lowest BCUT2D eigenvalue weighted by Gasteiger charge is -2.29. The van der Waals surface area contributed by atoms with Crippen molar-refractivity contribution >= 4 is 28.6 Å². The molecule has 33 heavy (non-hydrogen) atoms. The third-order valence-electron chi connectivity index (χ3n) is 5.24. The van der Waals surface area contributed by atoms with E-state index in [-0.39, 0.29) is 34.9 Å². The van der Waals surface area contributed by atoms with Gasteiger partial charge in [0.25, 0.3) is 5.56 Å². The molecule has 0 saturated carbocycles. The van der Waals surface area contributed by atoms with Gasteiger partial charge < -0.3 is 10.5 Å². The number of nitrogens with two attached hydrogens (primary N) is 1. The molecule has 1 amide bonds. The fraction of sp³-hybridized carbons (Fsp3) is 0.348. The molecule has 1 aliphatic rings. The highest BCUT2D eigenvalue weighted by Crippen LogP contribution is 2.34. The van der Waals surface area contributed by atoms with Gasteiger partial charge in [0.05, 0.1) is 27.7 Å². The lowest BCUT2D eigenvalue weighted by atomic mass is 10.1. The average Bonchev–Trinajstić information content (AvgIpc) is 3.07. The van der Waals surface area contributed by atoms with Crippen molar-refractivity contribution in [2.75, 3.05) is 6.54 Å². The van der Waals surface area contributed by atoms with Gasteiger partial charge in [-0.15, -0.1) is 0 Å². The Hall–Kier alpha value is -3.04. The van der Waals surface area contributed by atoms with Gasteiger partial charge in [-0.25, -0.2) is 18.6 Å². The van der Waals surface area contributed by atoms with Gasteiger partial charge in [0.1, 0.15) is 23.1 Å². The molecule has 1 aromatic heterocycles. The second-order valence-corrected chi connectivity index (χ2v) is 9.42. The lowest BCUT2D eigenvalue weighted by Crippen LogP contribution is -2.39. The van der Waals surface area contributed by atoms with Crippen molar-refractivity contribution < 1.29 is 18.3 Å². The van der Waals surface area contributed by atoms with Gasteiger partial charge in [0.2, 0.25) is 0 Å². The maximum Gasteiger partial charge on any atom is 0.410 e. The van der Waals surface area contributed by atoms with E-state index in [0.29, 0.717) is 11.6 Å². The van der Waals surface area contributed by atoms with E-state index in [1.807, 2.05) is 0 Å². The molecule has 0 unspecified atom stereocenters. The highest BCUT2D eigenvalue weighted by molar-refractivity contribution is 6.35. The topological polar surface area (TPSA) is 90.5 Å². The maximum atomic E-state index is 14.1. The van der Waals surface area contributed by atoms with Crippen LogP contribution >= 0.6 is 11.6 Å². The number of rotatable bonds is 2. The van der Waals surface area contributed by atoms with Crippen LogP contribution in [0.5, 0.6) is 0 Å². The summed E-state index contributed by atoms with van der Waals surface area (Å²) in [5.41, 5.74) is 5.00. The first kappa shape index (κ1) is 23.1. The number of aromatic nitrogens is 2. The van der Waals surface area contributed by atoms with E-state index in [1.54, 1.807) is 32.9 Å². The van der Waals surface area contributed by atoms with Crippen molar-refractivity contribution in [3.8, 4) is 5.69 Å². The minimum atomic E-state index is -0.866. The summed E-state index contributed by atoms with van der Waals surface area (Å²) >= 11 is 6.27. The quantitative estimate of drug-likeness (QED) is 0.594. The van der Waals surface area contributed by atoms with Crippen LogP contribution in [-0.4, -0.2) is 38.7 Å². The summed E-state index contributed by atoms with van der Waals surface area (Å²) in [6.45, 7) is 5.37. The number of carbonyl (C=O) groups excluding carboxylic acids is 1. The molecule has 2 aromatic carbocycles. The normalized spacial score (nSPS) is 18.7. The van der Waals surface area contributed by atoms with Crippen LogP contribution in [-0.2, 0) is 4.74 Å². The van der Waals surface area contributed by atoms with Crippen molar-refractivity contribution in [1.29, 1.82) is 0 Å². The molecule has 3 aromatic rings. The number of fused-ring (bicyclic) bond motifs is 1. The van der Waals surface area contributed by atoms with Crippen molar-refractivity contribution in [3.05, 3.63) is 69.2 Å². The number of amides is 1. The summed E-state index contributed by atoms with van der Waals surface area (Å²) in [7, 11) is 0. The predicted molar refractivity (Wildman–Crippen MR) is 121 cm³/mol.